The van der Waals surface area contributed by atoms with E-state index in [1.807, 2.05) is 0 Å². The maximum absolute atomic E-state index is 9.68. The summed E-state index contributed by atoms with van der Waals surface area (Å²) in [4.78, 5) is 18.7. The number of nitro groups is 1. The third kappa shape index (κ3) is 3.84. The molecule has 0 saturated heterocycles. The molecule has 0 fully saturated rings. The van der Waals surface area contributed by atoms with Gasteiger partial charge in [-0.1, -0.05) is 5.18 Å². The third-order valence-electron chi connectivity index (χ3n) is 0.687. The predicted octanol–water partition coefficient (Wildman–Crippen LogP) is 0.637. The van der Waals surface area contributed by atoms with Crippen LogP contribution in [-0.4, -0.2) is 23.4 Å². The molecule has 0 aromatic heterocycles. The van der Waals surface area contributed by atoms with Gasteiger partial charge >= 0.3 is 0 Å². The van der Waals surface area contributed by atoms with Gasteiger partial charge < -0.3 is 0 Å². The van der Waals surface area contributed by atoms with E-state index >= 15 is 0 Å². The van der Waals surface area contributed by atoms with Crippen molar-refractivity contribution in [1.29, 1.82) is 0 Å². The van der Waals surface area contributed by atoms with Crippen LogP contribution < -0.4 is 0 Å². The van der Waals surface area contributed by atoms with E-state index < -0.39 is 17.5 Å². The monoisotopic (exact) mass is 152 g/mol. The van der Waals surface area contributed by atoms with Crippen LogP contribution in [0.1, 0.15) is 0 Å². The lowest BCUT2D eigenvalue weighted by Crippen LogP contribution is -2.18. The molecule has 0 aliphatic carbocycles. The Morgan fingerprint density at radius 1 is 1.78 bits per heavy atom. The largest absolute Gasteiger partial charge is 0.264 e. The lowest BCUT2D eigenvalue weighted by Gasteiger charge is -1.94. The van der Waals surface area contributed by atoms with Crippen molar-refractivity contribution in [3.8, 4) is 0 Å². The summed E-state index contributed by atoms with van der Waals surface area (Å²) in [6, 6.07) is -0.887. The molecule has 5 nitrogen and oxygen atoms in total. The van der Waals surface area contributed by atoms with Crippen molar-refractivity contribution < 1.29 is 4.92 Å². The summed E-state index contributed by atoms with van der Waals surface area (Å²) >= 11 is 5.11. The van der Waals surface area contributed by atoms with Gasteiger partial charge in [0.1, 0.15) is 0 Å². The summed E-state index contributed by atoms with van der Waals surface area (Å²) in [5.74, 6) is -0.0928. The Bertz CT molecular complexity index is 118. The van der Waals surface area contributed by atoms with Crippen molar-refractivity contribution in [2.45, 2.75) is 6.04 Å². The molecular weight excluding hydrogens is 147 g/mol. The van der Waals surface area contributed by atoms with Crippen molar-refractivity contribution in [3.63, 3.8) is 0 Å². The van der Waals surface area contributed by atoms with E-state index in [-0.39, 0.29) is 5.88 Å². The number of halogens is 1. The molecule has 6 heteroatoms. The highest BCUT2D eigenvalue weighted by Gasteiger charge is 2.13. The Morgan fingerprint density at radius 3 is 2.44 bits per heavy atom. The van der Waals surface area contributed by atoms with Crippen LogP contribution in [-0.2, 0) is 0 Å². The quantitative estimate of drug-likeness (QED) is 0.257. The summed E-state index contributed by atoms with van der Waals surface area (Å²) in [6.45, 7) is -0.479. The second-order valence-corrected chi connectivity index (χ2v) is 1.74. The highest BCUT2D eigenvalue weighted by atomic mass is 35.5. The number of alkyl halides is 1. The first-order valence-corrected chi connectivity index (χ1v) is 2.74. The Kier molecular flexibility index (Phi) is 3.87. The Morgan fingerprint density at radius 2 is 2.33 bits per heavy atom. The number of nitrogens with zero attached hydrogens (tertiary/aromatic N) is 2. The fourth-order valence-corrected chi connectivity index (χ4v) is 0.436. The molecule has 0 amide bonds. The van der Waals surface area contributed by atoms with E-state index in [0.29, 0.717) is 0 Å². The molecule has 0 aliphatic heterocycles. The van der Waals surface area contributed by atoms with E-state index in [0.717, 1.165) is 0 Å². The SMILES string of the molecule is O=NC(CCl)C[N+](=O)[O-]. The topological polar surface area (TPSA) is 72.6 Å². The predicted molar refractivity (Wildman–Crippen MR) is 32.2 cm³/mol. The van der Waals surface area contributed by atoms with Gasteiger partial charge in [0.25, 0.3) is 0 Å². The van der Waals surface area contributed by atoms with E-state index in [4.69, 9.17) is 11.6 Å². The second kappa shape index (κ2) is 4.20. The van der Waals surface area contributed by atoms with Gasteiger partial charge in [-0.15, -0.1) is 11.6 Å². The van der Waals surface area contributed by atoms with Gasteiger partial charge in [0.05, 0.1) is 5.88 Å². The normalized spacial score (nSPS) is 12.6. The third-order valence-corrected chi connectivity index (χ3v) is 1.04. The Balaban J connectivity index is 3.55. The lowest BCUT2D eigenvalue weighted by molar-refractivity contribution is -0.481. The van der Waals surface area contributed by atoms with Crippen molar-refractivity contribution in [1.82, 2.24) is 0 Å². The number of nitroso groups, excluding NO2 is 1. The summed E-state index contributed by atoms with van der Waals surface area (Å²) in [7, 11) is 0. The summed E-state index contributed by atoms with van der Waals surface area (Å²) in [5, 5.41) is 12.1. The van der Waals surface area contributed by atoms with Gasteiger partial charge in [0, 0.05) is 4.92 Å². The number of rotatable bonds is 4. The van der Waals surface area contributed by atoms with Crippen LogP contribution in [0, 0.1) is 15.0 Å². The Labute approximate surface area is 56.1 Å². The molecule has 0 bridgehead atoms. The van der Waals surface area contributed by atoms with Gasteiger partial charge in [-0.25, -0.2) is 0 Å². The van der Waals surface area contributed by atoms with Gasteiger partial charge in [-0.3, -0.25) is 10.1 Å². The maximum atomic E-state index is 9.68. The van der Waals surface area contributed by atoms with Crippen molar-refractivity contribution in [2.24, 2.45) is 5.18 Å². The fourth-order valence-electron chi connectivity index (χ4n) is 0.282. The highest BCUT2D eigenvalue weighted by molar-refractivity contribution is 6.18. The van der Waals surface area contributed by atoms with E-state index in [1.54, 1.807) is 0 Å². The molecule has 1 unspecified atom stereocenters. The molecule has 0 N–H and O–H groups in total. The van der Waals surface area contributed by atoms with E-state index in [1.165, 1.54) is 0 Å². The van der Waals surface area contributed by atoms with Gasteiger partial charge in [0.15, 0.2) is 6.04 Å². The van der Waals surface area contributed by atoms with E-state index in [9.17, 15) is 15.0 Å². The first kappa shape index (κ1) is 8.29. The number of hydrogen-bond acceptors (Lipinski definition) is 4. The first-order valence-electron chi connectivity index (χ1n) is 2.21. The molecule has 0 radical (unpaired) electrons. The smallest absolute Gasteiger partial charge is 0.230 e. The molecule has 0 aromatic carbocycles. The van der Waals surface area contributed by atoms with Gasteiger partial charge in [0.2, 0.25) is 6.54 Å². The molecule has 0 heterocycles. The molecule has 0 spiro atoms. The molecule has 0 aliphatic rings. The van der Waals surface area contributed by atoms with Gasteiger partial charge in [-0.05, 0) is 0 Å². The molecule has 0 aromatic rings. The minimum atomic E-state index is -0.887. The molecule has 0 saturated carbocycles. The molecule has 9 heavy (non-hydrogen) atoms. The second-order valence-electron chi connectivity index (χ2n) is 1.43. The molecule has 1 atom stereocenters. The number of hydrogen-bond donors (Lipinski definition) is 0. The average molecular weight is 153 g/mol. The molecule has 52 valence electrons. The van der Waals surface area contributed by atoms with Gasteiger partial charge in [-0.2, -0.15) is 4.91 Å². The summed E-state index contributed by atoms with van der Waals surface area (Å²) in [5.41, 5.74) is 0. The van der Waals surface area contributed by atoms with Crippen LogP contribution >= 0.6 is 11.6 Å². The minimum absolute atomic E-state index is 0.0928. The van der Waals surface area contributed by atoms with Crippen molar-refractivity contribution >= 4 is 11.6 Å². The van der Waals surface area contributed by atoms with Crippen molar-refractivity contribution in [2.75, 3.05) is 12.4 Å². The fraction of sp³-hybridized carbons (Fsp3) is 1.00. The van der Waals surface area contributed by atoms with E-state index in [2.05, 4.69) is 5.18 Å². The van der Waals surface area contributed by atoms with Crippen LogP contribution in [0.4, 0.5) is 0 Å². The molecular formula is C3H5ClN2O3. The summed E-state index contributed by atoms with van der Waals surface area (Å²) < 4.78 is 0. The first-order chi connectivity index (χ1) is 4.20. The minimum Gasteiger partial charge on any atom is -0.264 e. The van der Waals surface area contributed by atoms with Crippen LogP contribution in [0.15, 0.2) is 5.18 Å². The van der Waals surface area contributed by atoms with Crippen LogP contribution in [0.25, 0.3) is 0 Å². The van der Waals surface area contributed by atoms with Crippen LogP contribution in [0.3, 0.4) is 0 Å². The standard InChI is InChI=1S/C3H5ClN2O3/c4-1-3(5-7)2-6(8)9/h3H,1-2H2. The zero-order chi connectivity index (χ0) is 7.28. The average Bonchev–Trinajstić information content (AvgIpc) is 1.82. The zero-order valence-electron chi connectivity index (χ0n) is 4.49. The highest BCUT2D eigenvalue weighted by Crippen LogP contribution is 1.93. The summed E-state index contributed by atoms with van der Waals surface area (Å²) in [6.07, 6.45) is 0. The Hall–Kier alpha value is -0.710. The van der Waals surface area contributed by atoms with Crippen molar-refractivity contribution in [3.05, 3.63) is 15.0 Å². The lowest BCUT2D eigenvalue weighted by atomic mass is 10.4. The molecule has 0 rings (SSSR count). The van der Waals surface area contributed by atoms with Crippen LogP contribution in [0.2, 0.25) is 0 Å². The zero-order valence-corrected chi connectivity index (χ0v) is 5.24. The maximum Gasteiger partial charge on any atom is 0.230 e. The van der Waals surface area contributed by atoms with Crippen LogP contribution in [0.5, 0.6) is 0 Å².